The van der Waals surface area contributed by atoms with Crippen molar-refractivity contribution in [2.24, 2.45) is 5.41 Å². The molecule has 0 spiro atoms. The SMILES string of the molecule is CC1(C)CCC(CN2CCN(c3ccc(C(=O)NSc4ccc(OC5CCOCC5)c([N+](=O)[O-])c4)c(Oc4cnc5[nH]ccc5c4)c3)CC2)=C(c2ccc(C(F)(F)F)cc2)C1. The van der Waals surface area contributed by atoms with Crippen molar-refractivity contribution in [1.29, 1.82) is 0 Å². The van der Waals surface area contributed by atoms with Gasteiger partial charge in [-0.3, -0.25) is 24.5 Å². The number of benzene rings is 3. The maximum absolute atomic E-state index is 13.8. The third-order valence-corrected chi connectivity index (χ3v) is 12.3. The number of H-pyrrole nitrogens is 1. The highest BCUT2D eigenvalue weighted by Crippen LogP contribution is 2.44. The van der Waals surface area contributed by atoms with Gasteiger partial charge in [0.15, 0.2) is 5.75 Å². The van der Waals surface area contributed by atoms with Gasteiger partial charge in [0.2, 0.25) is 0 Å². The maximum Gasteiger partial charge on any atom is 0.416 e. The number of piperazine rings is 1. The number of anilines is 1. The summed E-state index contributed by atoms with van der Waals surface area (Å²) >= 11 is 0.958. The number of nitro benzene ring substituents is 1. The number of hydrogen-bond acceptors (Lipinski definition) is 10. The number of fused-ring (bicyclic) bond motifs is 1. The molecule has 2 saturated heterocycles. The van der Waals surface area contributed by atoms with E-state index in [4.69, 9.17) is 14.2 Å². The van der Waals surface area contributed by atoms with Crippen molar-refractivity contribution in [3.05, 3.63) is 118 Å². The second-order valence-corrected chi connectivity index (χ2v) is 17.4. The average Bonchev–Trinajstić information content (AvgIpc) is 3.72. The lowest BCUT2D eigenvalue weighted by molar-refractivity contribution is -0.386. The number of nitrogens with zero attached hydrogens (tertiary/aromatic N) is 4. The van der Waals surface area contributed by atoms with Gasteiger partial charge >= 0.3 is 11.9 Å². The molecule has 3 aromatic carbocycles. The molecule has 2 aromatic heterocycles. The molecule has 2 fully saturated rings. The Balaban J connectivity index is 0.976. The van der Waals surface area contributed by atoms with E-state index in [1.165, 1.54) is 23.8 Å². The molecule has 0 bridgehead atoms. The fourth-order valence-electron chi connectivity index (χ4n) is 8.13. The van der Waals surface area contributed by atoms with Crippen LogP contribution in [0.15, 0.2) is 95.7 Å². The van der Waals surface area contributed by atoms with Crippen molar-refractivity contribution in [3.63, 3.8) is 0 Å². The molecule has 0 saturated carbocycles. The Morgan fingerprint density at radius 3 is 2.52 bits per heavy atom. The summed E-state index contributed by atoms with van der Waals surface area (Å²) in [6.45, 7) is 9.19. The number of carbonyl (C=O) groups is 1. The van der Waals surface area contributed by atoms with Crippen molar-refractivity contribution in [1.82, 2.24) is 19.6 Å². The number of hydrogen-bond donors (Lipinski definition) is 2. The number of alkyl halides is 3. The first-order chi connectivity index (χ1) is 29.3. The number of amides is 1. The molecule has 2 aliphatic heterocycles. The van der Waals surface area contributed by atoms with Gasteiger partial charge in [-0.05, 0) is 96.3 Å². The summed E-state index contributed by atoms with van der Waals surface area (Å²) < 4.78 is 60.6. The lowest BCUT2D eigenvalue weighted by Crippen LogP contribution is -2.47. The molecular formula is C45H47F3N6O6S. The van der Waals surface area contributed by atoms with Gasteiger partial charge in [-0.15, -0.1) is 0 Å². The largest absolute Gasteiger partial charge is 0.483 e. The summed E-state index contributed by atoms with van der Waals surface area (Å²) in [4.78, 5) is 37.9. The summed E-state index contributed by atoms with van der Waals surface area (Å²) in [6, 6.07) is 19.4. The van der Waals surface area contributed by atoms with E-state index >= 15 is 0 Å². The van der Waals surface area contributed by atoms with Crippen molar-refractivity contribution in [2.75, 3.05) is 50.8 Å². The maximum atomic E-state index is 13.8. The Kier molecular flexibility index (Phi) is 12.3. The van der Waals surface area contributed by atoms with Crippen molar-refractivity contribution < 1.29 is 37.1 Å². The number of nitro groups is 1. The molecule has 4 heterocycles. The Hall–Kier alpha value is -5.58. The summed E-state index contributed by atoms with van der Waals surface area (Å²) in [5.41, 5.74) is 4.33. The van der Waals surface area contributed by atoms with Crippen LogP contribution in [0.3, 0.4) is 0 Å². The van der Waals surface area contributed by atoms with Gasteiger partial charge in [0.05, 0.1) is 35.5 Å². The van der Waals surface area contributed by atoms with Crippen molar-refractivity contribution in [3.8, 4) is 17.2 Å². The number of rotatable bonds is 12. The first kappa shape index (κ1) is 42.1. The van der Waals surface area contributed by atoms with E-state index in [1.54, 1.807) is 42.7 Å². The average molecular weight is 857 g/mol. The normalized spacial score (nSPS) is 17.7. The zero-order valence-electron chi connectivity index (χ0n) is 33.9. The summed E-state index contributed by atoms with van der Waals surface area (Å²) in [5.74, 6) is 0.479. The van der Waals surface area contributed by atoms with E-state index in [0.717, 1.165) is 73.1 Å². The van der Waals surface area contributed by atoms with Gasteiger partial charge in [0.1, 0.15) is 23.3 Å². The standard InChI is InChI=1S/C45H47F3N6O6S/c1-44(2)15-11-31(38(26-44)29-3-5-32(6-4-29)45(46,47)48)28-52-17-19-53(20-18-52)33-7-9-37(41(24-33)60-35-23-30-12-16-49-42(30)50-27-35)43(55)51-61-36-8-10-40(39(25-36)54(56)57)59-34-13-21-58-22-14-34/h3-10,12,16,23-25,27,34H,11,13-15,17-22,26,28H2,1-2H3,(H,49,50)(H,51,55). The van der Waals surface area contributed by atoms with E-state index in [1.807, 2.05) is 24.3 Å². The molecule has 2 N–H and O–H groups in total. The van der Waals surface area contributed by atoms with Gasteiger partial charge in [0.25, 0.3) is 5.91 Å². The molecule has 5 aromatic rings. The molecule has 0 radical (unpaired) electrons. The van der Waals surface area contributed by atoms with E-state index in [-0.39, 0.29) is 28.5 Å². The Bertz CT molecular complexity index is 2420. The summed E-state index contributed by atoms with van der Waals surface area (Å²) in [5, 5.41) is 12.8. The molecule has 0 unspecified atom stereocenters. The van der Waals surface area contributed by atoms with E-state index in [9.17, 15) is 28.1 Å². The van der Waals surface area contributed by atoms with E-state index in [2.05, 4.69) is 38.3 Å². The molecule has 3 aliphatic rings. The molecule has 320 valence electrons. The highest BCUT2D eigenvalue weighted by atomic mass is 32.2. The number of carbonyl (C=O) groups excluding carboxylic acids is 1. The number of halogens is 3. The molecule has 61 heavy (non-hydrogen) atoms. The van der Waals surface area contributed by atoms with E-state index in [0.29, 0.717) is 61.2 Å². The molecule has 8 rings (SSSR count). The second-order valence-electron chi connectivity index (χ2n) is 16.5. The lowest BCUT2D eigenvalue weighted by atomic mass is 9.72. The van der Waals surface area contributed by atoms with Crippen LogP contribution in [0.4, 0.5) is 24.5 Å². The monoisotopic (exact) mass is 856 g/mol. The molecular weight excluding hydrogens is 810 g/mol. The van der Waals surface area contributed by atoms with E-state index < -0.39 is 22.6 Å². The smallest absolute Gasteiger partial charge is 0.416 e. The Morgan fingerprint density at radius 2 is 1.79 bits per heavy atom. The summed E-state index contributed by atoms with van der Waals surface area (Å²) in [7, 11) is 0. The topological polar surface area (TPSA) is 135 Å². The van der Waals surface area contributed by atoms with Crippen LogP contribution >= 0.6 is 11.9 Å². The third-order valence-electron chi connectivity index (χ3n) is 11.6. The molecule has 0 atom stereocenters. The Labute approximate surface area is 355 Å². The molecule has 12 nitrogen and oxygen atoms in total. The van der Waals surface area contributed by atoms with Crippen LogP contribution < -0.4 is 19.1 Å². The van der Waals surface area contributed by atoms with Gasteiger partial charge in [-0.1, -0.05) is 31.6 Å². The zero-order valence-corrected chi connectivity index (χ0v) is 34.7. The quantitative estimate of drug-likeness (QED) is 0.0709. The van der Waals surface area contributed by atoms with Crippen LogP contribution in [0, 0.1) is 15.5 Å². The minimum absolute atomic E-state index is 0.0532. The minimum atomic E-state index is -4.38. The predicted octanol–water partition coefficient (Wildman–Crippen LogP) is 10.1. The first-order valence-electron chi connectivity index (χ1n) is 20.4. The fraction of sp³-hybridized carbons (Fsp3) is 0.378. The number of nitrogens with one attached hydrogen (secondary N) is 2. The molecule has 16 heteroatoms. The number of allylic oxidation sites excluding steroid dienone is 1. The summed E-state index contributed by atoms with van der Waals surface area (Å²) in [6.07, 6.45) is 2.82. The first-order valence-corrected chi connectivity index (χ1v) is 21.2. The number of pyridine rings is 1. The third kappa shape index (κ3) is 10.1. The van der Waals surface area contributed by atoms with Gasteiger partial charge in [0, 0.05) is 79.9 Å². The van der Waals surface area contributed by atoms with Crippen LogP contribution in [0.5, 0.6) is 17.2 Å². The number of aromatic nitrogens is 2. The van der Waals surface area contributed by atoms with Gasteiger partial charge < -0.3 is 24.1 Å². The van der Waals surface area contributed by atoms with Crippen LogP contribution in [0.2, 0.25) is 0 Å². The van der Waals surface area contributed by atoms with Gasteiger partial charge in [-0.2, -0.15) is 13.2 Å². The molecule has 1 amide bonds. The highest BCUT2D eigenvalue weighted by Gasteiger charge is 2.33. The number of ether oxygens (including phenoxy) is 3. The zero-order chi connectivity index (χ0) is 42.7. The minimum Gasteiger partial charge on any atom is -0.483 e. The lowest BCUT2D eigenvalue weighted by Gasteiger charge is -2.39. The molecule has 1 aliphatic carbocycles. The fourth-order valence-corrected chi connectivity index (χ4v) is 8.75. The Morgan fingerprint density at radius 1 is 1.02 bits per heavy atom. The van der Waals surface area contributed by atoms with Crippen LogP contribution in [-0.2, 0) is 10.9 Å². The van der Waals surface area contributed by atoms with Crippen LogP contribution in [0.1, 0.15) is 67.4 Å². The van der Waals surface area contributed by atoms with Crippen LogP contribution in [-0.4, -0.2) is 77.7 Å². The van der Waals surface area contributed by atoms with Crippen molar-refractivity contribution >= 4 is 45.8 Å². The van der Waals surface area contributed by atoms with Crippen LogP contribution in [0.25, 0.3) is 16.6 Å². The highest BCUT2D eigenvalue weighted by molar-refractivity contribution is 7.98. The number of aromatic amines is 1. The van der Waals surface area contributed by atoms with Crippen molar-refractivity contribution in [2.45, 2.75) is 63.1 Å². The van der Waals surface area contributed by atoms with Gasteiger partial charge in [-0.25, -0.2) is 4.98 Å². The second kappa shape index (κ2) is 17.8. The predicted molar refractivity (Wildman–Crippen MR) is 228 cm³/mol.